The molecule has 0 aliphatic carbocycles. The number of imide groups is 1. The molecule has 5 rings (SSSR count). The van der Waals surface area contributed by atoms with Gasteiger partial charge in [0.2, 0.25) is 11.7 Å². The van der Waals surface area contributed by atoms with Crippen molar-refractivity contribution in [1.29, 1.82) is 0 Å². The average molecular weight is 596 g/mol. The van der Waals surface area contributed by atoms with Crippen molar-refractivity contribution in [3.63, 3.8) is 0 Å². The fourth-order valence-electron chi connectivity index (χ4n) is 5.54. The van der Waals surface area contributed by atoms with E-state index in [2.05, 4.69) is 0 Å². The second-order valence-corrected chi connectivity index (χ2v) is 11.0. The topological polar surface area (TPSA) is 106 Å². The Kier molecular flexibility index (Phi) is 10.4. The summed E-state index contributed by atoms with van der Waals surface area (Å²) in [4.78, 5) is 42.5. The number of aryl methyl sites for hydroxylation is 2. The lowest BCUT2D eigenvalue weighted by molar-refractivity contribution is -0.131. The van der Waals surface area contributed by atoms with Gasteiger partial charge >= 0.3 is 6.09 Å². The number of aliphatic hydroxyl groups is 1. The van der Waals surface area contributed by atoms with Crippen molar-refractivity contribution >= 4 is 17.8 Å². The van der Waals surface area contributed by atoms with Crippen molar-refractivity contribution in [2.24, 2.45) is 5.92 Å². The Morgan fingerprint density at radius 3 is 2.39 bits per heavy atom. The Labute approximate surface area is 257 Å². The molecule has 8 nitrogen and oxygen atoms in total. The van der Waals surface area contributed by atoms with Crippen molar-refractivity contribution < 1.29 is 33.4 Å². The van der Waals surface area contributed by atoms with Crippen LogP contribution in [0.2, 0.25) is 0 Å². The molecular formula is C36H37NO7. The van der Waals surface area contributed by atoms with E-state index in [0.717, 1.165) is 32.7 Å². The number of carbonyl (C=O) groups excluding carboxylic acids is 3. The molecule has 2 atom stereocenters. The number of ketones is 1. The summed E-state index contributed by atoms with van der Waals surface area (Å²) >= 11 is 0. The maximum atomic E-state index is 14.3. The van der Waals surface area contributed by atoms with E-state index < -0.39 is 29.7 Å². The van der Waals surface area contributed by atoms with Gasteiger partial charge in [-0.15, -0.1) is 0 Å². The first-order valence-corrected chi connectivity index (χ1v) is 14.9. The van der Waals surface area contributed by atoms with Gasteiger partial charge in [-0.05, 0) is 48.9 Å². The number of aliphatic hydroxyl groups excluding tert-OH is 1. The Morgan fingerprint density at radius 1 is 0.955 bits per heavy atom. The molecule has 1 N–H and O–H groups in total. The van der Waals surface area contributed by atoms with Crippen molar-refractivity contribution in [1.82, 2.24) is 4.90 Å². The molecule has 2 amide bonds. The van der Waals surface area contributed by atoms with Crippen LogP contribution in [0, 0.1) is 12.8 Å². The van der Waals surface area contributed by atoms with Gasteiger partial charge < -0.3 is 19.0 Å². The molecule has 0 saturated carbocycles. The smallest absolute Gasteiger partial charge is 0.417 e. The molecule has 0 unspecified atom stereocenters. The van der Waals surface area contributed by atoms with Crippen LogP contribution in [0.3, 0.4) is 0 Å². The van der Waals surface area contributed by atoms with E-state index in [4.69, 9.17) is 19.0 Å². The van der Waals surface area contributed by atoms with Gasteiger partial charge in [-0.25, -0.2) is 9.69 Å². The van der Waals surface area contributed by atoms with Gasteiger partial charge in [-0.1, -0.05) is 90.5 Å². The summed E-state index contributed by atoms with van der Waals surface area (Å²) in [7, 11) is 0. The quantitative estimate of drug-likeness (QED) is 0.111. The van der Waals surface area contributed by atoms with E-state index in [1.807, 2.05) is 91.9 Å². The highest BCUT2D eigenvalue weighted by Crippen LogP contribution is 2.32. The van der Waals surface area contributed by atoms with Crippen molar-refractivity contribution in [2.45, 2.75) is 38.6 Å². The highest BCUT2D eigenvalue weighted by Gasteiger charge is 2.44. The molecule has 0 radical (unpaired) electrons. The Hall–Kier alpha value is -4.53. The van der Waals surface area contributed by atoms with E-state index in [-0.39, 0.29) is 32.0 Å². The lowest BCUT2D eigenvalue weighted by Gasteiger charge is -2.24. The number of hydrogen-bond donors (Lipinski definition) is 1. The molecule has 3 aromatic carbocycles. The number of hydrogen-bond acceptors (Lipinski definition) is 7. The highest BCUT2D eigenvalue weighted by atomic mass is 16.6. The normalized spacial score (nSPS) is 15.3. The zero-order valence-electron chi connectivity index (χ0n) is 24.8. The lowest BCUT2D eigenvalue weighted by atomic mass is 9.91. The first-order chi connectivity index (χ1) is 21.4. The van der Waals surface area contributed by atoms with Gasteiger partial charge in [0, 0.05) is 18.6 Å². The van der Waals surface area contributed by atoms with Crippen LogP contribution in [-0.4, -0.2) is 60.3 Å². The minimum absolute atomic E-state index is 0.0540. The van der Waals surface area contributed by atoms with E-state index in [1.54, 1.807) is 6.07 Å². The second kappa shape index (κ2) is 14.8. The Morgan fingerprint density at radius 2 is 1.68 bits per heavy atom. The predicted molar refractivity (Wildman–Crippen MR) is 165 cm³/mol. The maximum Gasteiger partial charge on any atom is 0.417 e. The number of cyclic esters (lactones) is 1. The molecule has 1 aliphatic heterocycles. The van der Waals surface area contributed by atoms with Crippen LogP contribution in [0.5, 0.6) is 0 Å². The van der Waals surface area contributed by atoms with E-state index in [9.17, 15) is 14.4 Å². The van der Waals surface area contributed by atoms with Gasteiger partial charge in [0.05, 0.1) is 19.3 Å². The summed E-state index contributed by atoms with van der Waals surface area (Å²) in [6, 6.07) is 28.0. The van der Waals surface area contributed by atoms with Crippen molar-refractivity contribution in [2.75, 3.05) is 26.4 Å². The van der Waals surface area contributed by atoms with Crippen LogP contribution in [0.15, 0.2) is 95.4 Å². The lowest BCUT2D eigenvalue weighted by Crippen LogP contribution is -2.46. The number of furan rings is 1. The summed E-state index contributed by atoms with van der Waals surface area (Å²) in [5.74, 6) is -1.61. The van der Waals surface area contributed by atoms with Crippen molar-refractivity contribution in [3.8, 4) is 11.1 Å². The van der Waals surface area contributed by atoms with Crippen LogP contribution < -0.4 is 0 Å². The Balaban J connectivity index is 1.47. The van der Waals surface area contributed by atoms with E-state index >= 15 is 0 Å². The second-order valence-electron chi connectivity index (χ2n) is 11.0. The number of Topliss-reactive ketones (excluding diaryl/α,β-unsaturated/α-hetero) is 1. The number of carbonyl (C=O) groups is 3. The van der Waals surface area contributed by atoms with Crippen LogP contribution in [0.4, 0.5) is 4.79 Å². The largest absolute Gasteiger partial charge is 0.457 e. The number of rotatable bonds is 14. The van der Waals surface area contributed by atoms with Gasteiger partial charge in [0.15, 0.2) is 5.76 Å². The molecule has 2 heterocycles. The predicted octanol–water partition coefficient (Wildman–Crippen LogP) is 5.83. The van der Waals surface area contributed by atoms with Crippen LogP contribution >= 0.6 is 0 Å². The standard InChI is InChI=1S/C36H37NO7/c1-25-10-8-15-28(20-25)30-23-33(44-32(30)16-9-18-42-19-17-38)34(39)31(22-27-13-6-3-7-14-27)35(40)37-29(24-43-36(37)41)21-26-11-4-2-5-12-26/h2-8,10-15,20,23,29,31,38H,9,16-19,21-22,24H2,1H3/t29-,31+/m1/s1. The molecule has 1 saturated heterocycles. The van der Waals surface area contributed by atoms with E-state index in [1.165, 1.54) is 0 Å². The number of amides is 2. The van der Waals surface area contributed by atoms with Crippen molar-refractivity contribution in [3.05, 3.63) is 119 Å². The molecule has 0 spiro atoms. The molecule has 1 fully saturated rings. The van der Waals surface area contributed by atoms with E-state index in [0.29, 0.717) is 31.6 Å². The monoisotopic (exact) mass is 595 g/mol. The number of benzene rings is 3. The summed E-state index contributed by atoms with van der Waals surface area (Å²) in [6.07, 6.45) is 0.894. The van der Waals surface area contributed by atoms with Gasteiger partial charge in [0.25, 0.3) is 0 Å². The van der Waals surface area contributed by atoms with Crippen LogP contribution in [-0.2, 0) is 33.5 Å². The molecule has 0 bridgehead atoms. The summed E-state index contributed by atoms with van der Waals surface area (Å²) in [5.41, 5.74) is 4.48. The highest BCUT2D eigenvalue weighted by molar-refractivity contribution is 6.12. The SMILES string of the molecule is Cc1cccc(-c2cc(C(=O)[C@H](Cc3ccccc3)C(=O)N3C(=O)OC[C@H]3Cc3ccccc3)oc2CCCOCCO)c1. The first-order valence-electron chi connectivity index (χ1n) is 14.9. The molecule has 4 aromatic rings. The zero-order chi connectivity index (χ0) is 30.9. The molecule has 1 aliphatic rings. The average Bonchev–Trinajstić information content (AvgIpc) is 3.63. The summed E-state index contributed by atoms with van der Waals surface area (Å²) < 4.78 is 17.0. The fraction of sp³-hybridized carbons (Fsp3) is 0.306. The van der Waals surface area contributed by atoms with Crippen LogP contribution in [0.25, 0.3) is 11.1 Å². The number of nitrogens with zero attached hydrogens (tertiary/aromatic N) is 1. The molecular weight excluding hydrogens is 558 g/mol. The molecule has 8 heteroatoms. The summed E-state index contributed by atoms with van der Waals surface area (Å²) in [6.45, 7) is 2.68. The summed E-state index contributed by atoms with van der Waals surface area (Å²) in [5, 5.41) is 9.01. The minimum Gasteiger partial charge on any atom is -0.457 e. The third kappa shape index (κ3) is 7.51. The van der Waals surface area contributed by atoms with Crippen LogP contribution in [0.1, 0.15) is 39.4 Å². The maximum absolute atomic E-state index is 14.3. The van der Waals surface area contributed by atoms with Gasteiger partial charge in [-0.2, -0.15) is 0 Å². The molecule has 44 heavy (non-hydrogen) atoms. The molecule has 228 valence electrons. The third-order valence-electron chi connectivity index (χ3n) is 7.72. The van der Waals surface area contributed by atoms with Gasteiger partial charge in [-0.3, -0.25) is 9.59 Å². The zero-order valence-corrected chi connectivity index (χ0v) is 24.8. The van der Waals surface area contributed by atoms with Gasteiger partial charge in [0.1, 0.15) is 18.3 Å². The molecule has 1 aromatic heterocycles. The first kappa shape index (κ1) is 30.9. The number of ether oxygens (including phenoxy) is 2. The minimum atomic E-state index is -1.20. The third-order valence-corrected chi connectivity index (χ3v) is 7.72. The Bertz CT molecular complexity index is 1560. The fourth-order valence-corrected chi connectivity index (χ4v) is 5.54.